The van der Waals surface area contributed by atoms with E-state index in [0.717, 1.165) is 11.1 Å². The van der Waals surface area contributed by atoms with Gasteiger partial charge < -0.3 is 4.74 Å². The zero-order valence-electron chi connectivity index (χ0n) is 13.8. The molecule has 0 bridgehead atoms. The number of nitrogens with one attached hydrogen (secondary N) is 1. The van der Waals surface area contributed by atoms with Crippen molar-refractivity contribution in [1.29, 1.82) is 0 Å². The van der Waals surface area contributed by atoms with Crippen LogP contribution in [0.2, 0.25) is 0 Å². The molecular weight excluding hydrogens is 326 g/mol. The smallest absolute Gasteiger partial charge is 0.414 e. The first-order chi connectivity index (χ1) is 12.8. The molecule has 0 unspecified atom stereocenters. The van der Waals surface area contributed by atoms with Gasteiger partial charge in [-0.2, -0.15) is 0 Å². The van der Waals surface area contributed by atoms with Crippen LogP contribution in [-0.4, -0.2) is 22.7 Å². The fourth-order valence-corrected chi connectivity index (χ4v) is 3.19. The van der Waals surface area contributed by atoms with Gasteiger partial charge in [-0.05, 0) is 22.3 Å². The van der Waals surface area contributed by atoms with Crippen molar-refractivity contribution in [2.24, 2.45) is 0 Å². The molecular formula is C21H15N3O2. The number of nitrogens with zero attached hydrogens (tertiary/aromatic N) is 2. The maximum absolute atomic E-state index is 12.1. The van der Waals surface area contributed by atoms with E-state index in [0.29, 0.717) is 5.56 Å². The van der Waals surface area contributed by atoms with Gasteiger partial charge in [0, 0.05) is 18.3 Å². The van der Waals surface area contributed by atoms with Crippen molar-refractivity contribution in [2.75, 3.05) is 11.9 Å². The van der Waals surface area contributed by atoms with Crippen molar-refractivity contribution in [3.8, 4) is 23.5 Å². The van der Waals surface area contributed by atoms with E-state index in [-0.39, 0.29) is 18.5 Å². The van der Waals surface area contributed by atoms with E-state index in [1.165, 1.54) is 23.5 Å². The molecule has 1 heterocycles. The number of hydrogen-bond acceptors (Lipinski definition) is 4. The zero-order valence-corrected chi connectivity index (χ0v) is 13.8. The molecule has 1 aliphatic carbocycles. The molecule has 5 heteroatoms. The number of aromatic nitrogens is 2. The van der Waals surface area contributed by atoms with Crippen molar-refractivity contribution >= 4 is 12.0 Å². The highest BCUT2D eigenvalue weighted by Crippen LogP contribution is 2.44. The standard InChI is InChI=1S/C21H15N3O2/c1-2-14-11-22-20(23-12-14)24-21(25)26-13-19-17-9-5-3-7-15(17)16-8-4-6-10-18(16)19/h1,3-12,19H,13H2,(H,22,23,24,25). The van der Waals surface area contributed by atoms with Gasteiger partial charge >= 0.3 is 6.09 Å². The highest BCUT2D eigenvalue weighted by atomic mass is 16.5. The molecule has 1 amide bonds. The number of ether oxygens (including phenoxy) is 1. The summed E-state index contributed by atoms with van der Waals surface area (Å²) in [6.45, 7) is 0.238. The number of benzene rings is 2. The quantitative estimate of drug-likeness (QED) is 0.736. The molecule has 0 fully saturated rings. The Bertz CT molecular complexity index is 961. The van der Waals surface area contributed by atoms with Crippen molar-refractivity contribution < 1.29 is 9.53 Å². The second-order valence-corrected chi connectivity index (χ2v) is 5.89. The van der Waals surface area contributed by atoms with Crippen LogP contribution in [0, 0.1) is 12.3 Å². The van der Waals surface area contributed by atoms with Crippen LogP contribution in [0.1, 0.15) is 22.6 Å². The molecule has 0 atom stereocenters. The first-order valence-electron chi connectivity index (χ1n) is 8.17. The molecule has 2 aromatic carbocycles. The van der Waals surface area contributed by atoms with Gasteiger partial charge in [0.2, 0.25) is 5.95 Å². The van der Waals surface area contributed by atoms with Crippen LogP contribution in [0.3, 0.4) is 0 Å². The minimum atomic E-state index is -0.597. The molecule has 0 radical (unpaired) electrons. The number of amides is 1. The van der Waals surface area contributed by atoms with Gasteiger partial charge in [-0.15, -0.1) is 6.42 Å². The van der Waals surface area contributed by atoms with Crippen LogP contribution >= 0.6 is 0 Å². The molecule has 3 aromatic rings. The first kappa shape index (κ1) is 15.9. The van der Waals surface area contributed by atoms with Gasteiger partial charge in [0.25, 0.3) is 0 Å². The summed E-state index contributed by atoms with van der Waals surface area (Å²) >= 11 is 0. The average Bonchev–Trinajstić information content (AvgIpc) is 3.01. The largest absolute Gasteiger partial charge is 0.448 e. The molecule has 1 N–H and O–H groups in total. The van der Waals surface area contributed by atoms with Crippen LogP contribution in [-0.2, 0) is 4.74 Å². The summed E-state index contributed by atoms with van der Waals surface area (Å²) in [5.41, 5.74) is 5.24. The molecule has 0 aliphatic heterocycles. The maximum Gasteiger partial charge on any atom is 0.414 e. The van der Waals surface area contributed by atoms with E-state index < -0.39 is 6.09 Å². The highest BCUT2D eigenvalue weighted by molar-refractivity contribution is 5.83. The van der Waals surface area contributed by atoms with Gasteiger partial charge in [0.1, 0.15) is 6.61 Å². The maximum atomic E-state index is 12.1. The van der Waals surface area contributed by atoms with E-state index >= 15 is 0 Å². The molecule has 5 nitrogen and oxygen atoms in total. The van der Waals surface area contributed by atoms with Gasteiger partial charge in [-0.25, -0.2) is 14.8 Å². The number of anilines is 1. The second-order valence-electron chi connectivity index (χ2n) is 5.89. The number of rotatable bonds is 3. The molecule has 126 valence electrons. The Morgan fingerprint density at radius 1 is 1.04 bits per heavy atom. The molecule has 4 rings (SSSR count). The Morgan fingerprint density at radius 3 is 2.19 bits per heavy atom. The number of carbonyl (C=O) groups excluding carboxylic acids is 1. The summed E-state index contributed by atoms with van der Waals surface area (Å²) < 4.78 is 5.43. The lowest BCUT2D eigenvalue weighted by atomic mass is 9.98. The minimum Gasteiger partial charge on any atom is -0.448 e. The van der Waals surface area contributed by atoms with Gasteiger partial charge in [0.15, 0.2) is 0 Å². The number of carbonyl (C=O) groups is 1. The Hall–Kier alpha value is -3.65. The third kappa shape index (κ3) is 2.89. The molecule has 1 aliphatic rings. The molecule has 26 heavy (non-hydrogen) atoms. The number of fused-ring (bicyclic) bond motifs is 3. The van der Waals surface area contributed by atoms with E-state index in [1.54, 1.807) is 0 Å². The lowest BCUT2D eigenvalue weighted by molar-refractivity contribution is 0.158. The molecule has 0 saturated heterocycles. The van der Waals surface area contributed by atoms with E-state index in [9.17, 15) is 4.79 Å². The minimum absolute atomic E-state index is 0.0119. The van der Waals surface area contributed by atoms with E-state index in [4.69, 9.17) is 11.2 Å². The Kier molecular flexibility index (Phi) is 4.08. The lowest BCUT2D eigenvalue weighted by Crippen LogP contribution is -2.19. The molecule has 0 spiro atoms. The van der Waals surface area contributed by atoms with Crippen LogP contribution in [0.4, 0.5) is 10.7 Å². The topological polar surface area (TPSA) is 64.1 Å². The fourth-order valence-electron chi connectivity index (χ4n) is 3.19. The van der Waals surface area contributed by atoms with Crippen LogP contribution < -0.4 is 5.32 Å². The second kappa shape index (κ2) is 6.69. The molecule has 0 saturated carbocycles. The SMILES string of the molecule is C#Cc1cnc(NC(=O)OCC2c3ccccc3-c3ccccc32)nc1. The normalized spacial score (nSPS) is 12.0. The van der Waals surface area contributed by atoms with Gasteiger partial charge in [0.05, 0.1) is 5.56 Å². The summed E-state index contributed by atoms with van der Waals surface area (Å²) in [5.74, 6) is 2.59. The monoisotopic (exact) mass is 341 g/mol. The molecule has 1 aromatic heterocycles. The zero-order chi connectivity index (χ0) is 17.9. The summed E-state index contributed by atoms with van der Waals surface area (Å²) in [6, 6.07) is 16.4. The lowest BCUT2D eigenvalue weighted by Gasteiger charge is -2.14. The predicted octanol–water partition coefficient (Wildman–Crippen LogP) is 3.82. The van der Waals surface area contributed by atoms with E-state index in [2.05, 4.69) is 45.5 Å². The summed E-state index contributed by atoms with van der Waals surface area (Å²) in [5, 5.41) is 2.51. The summed E-state index contributed by atoms with van der Waals surface area (Å²) in [6.07, 6.45) is 7.59. The average molecular weight is 341 g/mol. The predicted molar refractivity (Wildman–Crippen MR) is 98.7 cm³/mol. The summed E-state index contributed by atoms with van der Waals surface area (Å²) in [4.78, 5) is 20.0. The third-order valence-corrected chi connectivity index (χ3v) is 4.38. The summed E-state index contributed by atoms with van der Waals surface area (Å²) in [7, 11) is 0. The van der Waals surface area contributed by atoms with Gasteiger partial charge in [-0.1, -0.05) is 54.5 Å². The Labute approximate surface area is 151 Å². The number of terminal acetylenes is 1. The van der Waals surface area contributed by atoms with Gasteiger partial charge in [-0.3, -0.25) is 5.32 Å². The van der Waals surface area contributed by atoms with Crippen molar-refractivity contribution in [1.82, 2.24) is 9.97 Å². The Morgan fingerprint density at radius 2 is 1.62 bits per heavy atom. The van der Waals surface area contributed by atoms with E-state index in [1.807, 2.05) is 24.3 Å². The number of hydrogen-bond donors (Lipinski definition) is 1. The Balaban J connectivity index is 1.47. The fraction of sp³-hybridized carbons (Fsp3) is 0.0952. The first-order valence-corrected chi connectivity index (χ1v) is 8.17. The van der Waals surface area contributed by atoms with Crippen LogP contribution in [0.15, 0.2) is 60.9 Å². The van der Waals surface area contributed by atoms with Crippen molar-refractivity contribution in [3.63, 3.8) is 0 Å². The van der Waals surface area contributed by atoms with Crippen molar-refractivity contribution in [3.05, 3.63) is 77.6 Å². The highest BCUT2D eigenvalue weighted by Gasteiger charge is 2.29. The van der Waals surface area contributed by atoms with Crippen molar-refractivity contribution in [2.45, 2.75) is 5.92 Å². The third-order valence-electron chi connectivity index (χ3n) is 4.38. The van der Waals surface area contributed by atoms with Crippen LogP contribution in [0.5, 0.6) is 0 Å². The van der Waals surface area contributed by atoms with Crippen LogP contribution in [0.25, 0.3) is 11.1 Å².